The Hall–Kier alpha value is -1.39. The Labute approximate surface area is 98.9 Å². The number of hydrogen-bond acceptors (Lipinski definition) is 4. The second-order valence-electron chi connectivity index (χ2n) is 3.59. The first kappa shape index (κ1) is 11.1. The summed E-state index contributed by atoms with van der Waals surface area (Å²) in [6.45, 7) is 2.51. The summed E-state index contributed by atoms with van der Waals surface area (Å²) in [4.78, 5) is 5.39. The highest BCUT2D eigenvalue weighted by Gasteiger charge is 2.01. The van der Waals surface area contributed by atoms with E-state index in [2.05, 4.69) is 4.98 Å². The second kappa shape index (κ2) is 5.09. The Balaban J connectivity index is 1.95. The van der Waals surface area contributed by atoms with Gasteiger partial charge in [-0.05, 0) is 23.9 Å². The number of nitrogens with zero attached hydrogens (tertiary/aromatic N) is 1. The number of ether oxygens (including phenoxy) is 1. The van der Waals surface area contributed by atoms with Crippen molar-refractivity contribution in [3.8, 4) is 5.88 Å². The topological polar surface area (TPSA) is 48.1 Å². The fraction of sp³-hybridized carbons (Fsp3) is 0.250. The van der Waals surface area contributed by atoms with Crippen molar-refractivity contribution in [2.75, 3.05) is 0 Å². The van der Waals surface area contributed by atoms with Crippen molar-refractivity contribution in [3.05, 3.63) is 46.3 Å². The van der Waals surface area contributed by atoms with Gasteiger partial charge in [0.25, 0.3) is 0 Å². The molecule has 16 heavy (non-hydrogen) atoms. The van der Waals surface area contributed by atoms with Gasteiger partial charge in [0.1, 0.15) is 6.61 Å². The number of thiophene rings is 1. The average molecular weight is 234 g/mol. The van der Waals surface area contributed by atoms with E-state index >= 15 is 0 Å². The van der Waals surface area contributed by atoms with Gasteiger partial charge < -0.3 is 10.5 Å². The zero-order valence-corrected chi connectivity index (χ0v) is 9.91. The molecule has 0 aromatic carbocycles. The third-order valence-electron chi connectivity index (χ3n) is 2.23. The third kappa shape index (κ3) is 2.81. The van der Waals surface area contributed by atoms with E-state index in [0.29, 0.717) is 12.5 Å². The monoisotopic (exact) mass is 234 g/mol. The van der Waals surface area contributed by atoms with Crippen LogP contribution in [0.5, 0.6) is 5.88 Å². The average Bonchev–Trinajstić information content (AvgIpc) is 2.80. The van der Waals surface area contributed by atoms with Gasteiger partial charge in [0.2, 0.25) is 5.88 Å². The second-order valence-corrected chi connectivity index (χ2v) is 4.62. The summed E-state index contributed by atoms with van der Waals surface area (Å²) in [5.74, 6) is 0.637. The first-order valence-corrected chi connectivity index (χ1v) is 6.00. The molecule has 2 heterocycles. The van der Waals surface area contributed by atoms with Gasteiger partial charge in [0, 0.05) is 23.2 Å². The van der Waals surface area contributed by atoms with Crippen molar-refractivity contribution in [1.82, 2.24) is 4.98 Å². The molecule has 4 heteroatoms. The van der Waals surface area contributed by atoms with Crippen LogP contribution < -0.4 is 10.5 Å². The minimum absolute atomic E-state index is 0.0128. The van der Waals surface area contributed by atoms with Crippen molar-refractivity contribution in [3.63, 3.8) is 0 Å². The van der Waals surface area contributed by atoms with Crippen LogP contribution in [-0.4, -0.2) is 4.98 Å². The van der Waals surface area contributed by atoms with Crippen molar-refractivity contribution in [1.29, 1.82) is 0 Å². The molecule has 0 saturated heterocycles. The molecule has 3 nitrogen and oxygen atoms in total. The minimum Gasteiger partial charge on any atom is -0.472 e. The normalized spacial score (nSPS) is 12.4. The molecule has 84 valence electrons. The number of hydrogen-bond donors (Lipinski definition) is 1. The van der Waals surface area contributed by atoms with E-state index in [-0.39, 0.29) is 6.04 Å². The summed E-state index contributed by atoms with van der Waals surface area (Å²) in [6.07, 6.45) is 1.76. The maximum absolute atomic E-state index is 5.74. The van der Waals surface area contributed by atoms with Crippen LogP contribution in [0.4, 0.5) is 0 Å². The van der Waals surface area contributed by atoms with Gasteiger partial charge in [-0.25, -0.2) is 4.98 Å². The number of pyridine rings is 1. The Morgan fingerprint density at radius 3 is 2.88 bits per heavy atom. The lowest BCUT2D eigenvalue weighted by Crippen LogP contribution is -2.05. The number of aromatic nitrogens is 1. The molecule has 2 aromatic rings. The fourth-order valence-electron chi connectivity index (χ4n) is 1.29. The summed E-state index contributed by atoms with van der Waals surface area (Å²) in [6, 6.07) is 7.86. The summed E-state index contributed by atoms with van der Waals surface area (Å²) in [5.41, 5.74) is 6.75. The van der Waals surface area contributed by atoms with Crippen LogP contribution in [0.1, 0.15) is 23.4 Å². The highest BCUT2D eigenvalue weighted by atomic mass is 32.1. The molecule has 0 fully saturated rings. The molecular formula is C12H14N2OS. The lowest BCUT2D eigenvalue weighted by molar-refractivity contribution is 0.297. The van der Waals surface area contributed by atoms with Gasteiger partial charge >= 0.3 is 0 Å². The van der Waals surface area contributed by atoms with Crippen LogP contribution in [0.2, 0.25) is 0 Å². The van der Waals surface area contributed by atoms with E-state index in [1.807, 2.05) is 36.6 Å². The zero-order chi connectivity index (χ0) is 11.4. The van der Waals surface area contributed by atoms with E-state index < -0.39 is 0 Å². The van der Waals surface area contributed by atoms with Crippen molar-refractivity contribution in [2.24, 2.45) is 5.73 Å². The molecular weight excluding hydrogens is 220 g/mol. The molecule has 0 saturated carbocycles. The Morgan fingerprint density at radius 1 is 1.44 bits per heavy atom. The molecule has 0 bridgehead atoms. The van der Waals surface area contributed by atoms with E-state index in [1.165, 1.54) is 4.88 Å². The van der Waals surface area contributed by atoms with Gasteiger partial charge in [-0.2, -0.15) is 0 Å². The van der Waals surface area contributed by atoms with Crippen molar-refractivity contribution < 1.29 is 4.74 Å². The molecule has 0 amide bonds. The van der Waals surface area contributed by atoms with Crippen LogP contribution in [0.15, 0.2) is 35.8 Å². The maximum Gasteiger partial charge on any atom is 0.213 e. The Kier molecular flexibility index (Phi) is 3.54. The van der Waals surface area contributed by atoms with E-state index in [1.54, 1.807) is 17.5 Å². The Morgan fingerprint density at radius 2 is 2.31 bits per heavy atom. The SMILES string of the molecule is C[C@@H](N)c1ccc(OCc2cccs2)nc1. The van der Waals surface area contributed by atoms with Crippen molar-refractivity contribution in [2.45, 2.75) is 19.6 Å². The van der Waals surface area contributed by atoms with Crippen LogP contribution in [0.25, 0.3) is 0 Å². The maximum atomic E-state index is 5.74. The number of rotatable bonds is 4. The molecule has 0 spiro atoms. The van der Waals surface area contributed by atoms with Gasteiger partial charge in [0.15, 0.2) is 0 Å². The quantitative estimate of drug-likeness (QED) is 0.884. The lowest BCUT2D eigenvalue weighted by Gasteiger charge is -2.07. The Bertz CT molecular complexity index is 423. The first-order valence-electron chi connectivity index (χ1n) is 5.12. The largest absolute Gasteiger partial charge is 0.472 e. The molecule has 2 N–H and O–H groups in total. The molecule has 2 aromatic heterocycles. The molecule has 0 unspecified atom stereocenters. The third-order valence-corrected chi connectivity index (χ3v) is 3.08. The van der Waals surface area contributed by atoms with Crippen LogP contribution in [0, 0.1) is 0 Å². The van der Waals surface area contributed by atoms with Crippen LogP contribution in [0.3, 0.4) is 0 Å². The molecule has 1 atom stereocenters. The van der Waals surface area contributed by atoms with Crippen molar-refractivity contribution >= 4 is 11.3 Å². The predicted octanol–water partition coefficient (Wildman–Crippen LogP) is 2.74. The molecule has 2 rings (SSSR count). The highest BCUT2D eigenvalue weighted by molar-refractivity contribution is 7.09. The van der Waals surface area contributed by atoms with Gasteiger partial charge in [-0.15, -0.1) is 11.3 Å². The van der Waals surface area contributed by atoms with Crippen LogP contribution >= 0.6 is 11.3 Å². The molecule has 0 aliphatic rings. The fourth-order valence-corrected chi connectivity index (χ4v) is 1.90. The van der Waals surface area contributed by atoms with Gasteiger partial charge in [-0.1, -0.05) is 12.1 Å². The summed E-state index contributed by atoms with van der Waals surface area (Å²) >= 11 is 1.68. The smallest absolute Gasteiger partial charge is 0.213 e. The lowest BCUT2D eigenvalue weighted by atomic mass is 10.2. The number of nitrogens with two attached hydrogens (primary N) is 1. The molecule has 0 aliphatic carbocycles. The van der Waals surface area contributed by atoms with Crippen LogP contribution in [-0.2, 0) is 6.61 Å². The van der Waals surface area contributed by atoms with E-state index in [4.69, 9.17) is 10.5 Å². The standard InChI is InChI=1S/C12H14N2OS/c1-9(13)10-4-5-12(14-7-10)15-8-11-3-2-6-16-11/h2-7,9H,8,13H2,1H3/t9-/m1/s1. The highest BCUT2D eigenvalue weighted by Crippen LogP contribution is 2.15. The zero-order valence-electron chi connectivity index (χ0n) is 9.09. The van der Waals surface area contributed by atoms with Gasteiger partial charge in [-0.3, -0.25) is 0 Å². The summed E-state index contributed by atoms with van der Waals surface area (Å²) < 4.78 is 5.54. The molecule has 0 radical (unpaired) electrons. The van der Waals surface area contributed by atoms with E-state index in [0.717, 1.165) is 5.56 Å². The molecule has 0 aliphatic heterocycles. The minimum atomic E-state index is 0.0128. The van der Waals surface area contributed by atoms with Gasteiger partial charge in [0.05, 0.1) is 0 Å². The summed E-state index contributed by atoms with van der Waals surface area (Å²) in [5, 5.41) is 2.03. The first-order chi connectivity index (χ1) is 7.75. The van der Waals surface area contributed by atoms with E-state index in [9.17, 15) is 0 Å². The predicted molar refractivity (Wildman–Crippen MR) is 65.5 cm³/mol. The summed E-state index contributed by atoms with van der Waals surface area (Å²) in [7, 11) is 0.